The van der Waals surface area contributed by atoms with Crippen molar-refractivity contribution in [3.8, 4) is 0 Å². The third-order valence-corrected chi connectivity index (χ3v) is 8.05. The summed E-state index contributed by atoms with van der Waals surface area (Å²) in [4.78, 5) is 29.6. The third-order valence-electron chi connectivity index (χ3n) is 7.46. The van der Waals surface area contributed by atoms with Crippen LogP contribution in [0.4, 0.5) is 5.69 Å². The highest BCUT2D eigenvalue weighted by Gasteiger charge is 2.25. The van der Waals surface area contributed by atoms with E-state index in [1.807, 2.05) is 35.2 Å². The lowest BCUT2D eigenvalue weighted by Crippen LogP contribution is -2.49. The minimum absolute atomic E-state index is 0.0767. The predicted molar refractivity (Wildman–Crippen MR) is 162 cm³/mol. The number of benzene rings is 2. The summed E-state index contributed by atoms with van der Waals surface area (Å²) in [7, 11) is 0. The van der Waals surface area contributed by atoms with E-state index in [9.17, 15) is 9.59 Å². The minimum atomic E-state index is -0.138. The van der Waals surface area contributed by atoms with Crippen molar-refractivity contribution in [2.24, 2.45) is 0 Å². The van der Waals surface area contributed by atoms with Crippen molar-refractivity contribution in [1.29, 1.82) is 0 Å². The molecule has 0 spiro atoms. The number of hydrogen-bond acceptors (Lipinski definition) is 6. The second-order valence-electron chi connectivity index (χ2n) is 10.3. The lowest BCUT2D eigenvalue weighted by atomic mass is 10.0. The second kappa shape index (κ2) is 13.9. The number of carbonyl (C=O) groups excluding carboxylic acids is 2. The lowest BCUT2D eigenvalue weighted by molar-refractivity contribution is 0.0638. The Labute approximate surface area is 250 Å². The molecule has 2 aliphatic rings. The molecule has 2 saturated heterocycles. The topological polar surface area (TPSA) is 89.9 Å². The molecule has 1 atom stereocenters. The number of nitrogens with one attached hydrogen (secondary N) is 3. The van der Waals surface area contributed by atoms with Crippen LogP contribution < -0.4 is 16.0 Å². The van der Waals surface area contributed by atoms with Crippen molar-refractivity contribution in [3.05, 3.63) is 99.7 Å². The van der Waals surface area contributed by atoms with Crippen LogP contribution in [0, 0.1) is 0 Å². The normalized spacial score (nSPS) is 17.8. The van der Waals surface area contributed by atoms with Crippen molar-refractivity contribution in [2.75, 3.05) is 44.6 Å². The fourth-order valence-electron chi connectivity index (χ4n) is 5.13. The highest BCUT2D eigenvalue weighted by Crippen LogP contribution is 2.22. The highest BCUT2D eigenvalue weighted by molar-refractivity contribution is 6.35. The largest absolute Gasteiger partial charge is 0.459 e. The number of nitrogens with zero attached hydrogens (tertiary/aromatic N) is 2. The summed E-state index contributed by atoms with van der Waals surface area (Å²) in [6.45, 7) is 4.10. The molecule has 0 radical (unpaired) electrons. The molecule has 2 fully saturated rings. The van der Waals surface area contributed by atoms with Gasteiger partial charge in [0.15, 0.2) is 5.76 Å². The van der Waals surface area contributed by atoms with Gasteiger partial charge in [0.2, 0.25) is 0 Å². The minimum Gasteiger partial charge on any atom is -0.459 e. The molecule has 0 aliphatic carbocycles. The zero-order valence-electron chi connectivity index (χ0n) is 22.9. The average molecular weight is 597 g/mol. The first-order valence-electron chi connectivity index (χ1n) is 14.1. The van der Waals surface area contributed by atoms with Gasteiger partial charge in [-0.2, -0.15) is 0 Å². The van der Waals surface area contributed by atoms with Gasteiger partial charge in [-0.3, -0.25) is 9.59 Å². The number of halogens is 2. The first kappa shape index (κ1) is 29.0. The monoisotopic (exact) mass is 595 g/mol. The van der Waals surface area contributed by atoms with E-state index in [2.05, 4.69) is 26.9 Å². The van der Waals surface area contributed by atoms with Crippen LogP contribution >= 0.6 is 23.2 Å². The van der Waals surface area contributed by atoms with Crippen LogP contribution in [0.2, 0.25) is 10.0 Å². The van der Waals surface area contributed by atoms with E-state index in [0.717, 1.165) is 30.0 Å². The van der Waals surface area contributed by atoms with Crippen molar-refractivity contribution < 1.29 is 14.0 Å². The van der Waals surface area contributed by atoms with Crippen LogP contribution in [0.5, 0.6) is 0 Å². The Morgan fingerprint density at radius 3 is 2.46 bits per heavy atom. The molecule has 2 aromatic carbocycles. The van der Waals surface area contributed by atoms with Crippen LogP contribution in [0.15, 0.2) is 77.2 Å². The molecule has 5 rings (SSSR count). The summed E-state index contributed by atoms with van der Waals surface area (Å²) in [6.07, 6.45) is 7.87. The molecule has 41 heavy (non-hydrogen) atoms. The smallest absolute Gasteiger partial charge is 0.289 e. The zero-order chi connectivity index (χ0) is 28.6. The molecule has 1 unspecified atom stereocenters. The first-order chi connectivity index (χ1) is 20.0. The van der Waals surface area contributed by atoms with Gasteiger partial charge in [-0.1, -0.05) is 35.7 Å². The van der Waals surface area contributed by atoms with Crippen LogP contribution in [0.25, 0.3) is 0 Å². The van der Waals surface area contributed by atoms with E-state index in [1.54, 1.807) is 24.3 Å². The van der Waals surface area contributed by atoms with E-state index in [1.165, 1.54) is 19.1 Å². The molecule has 8 nitrogen and oxygen atoms in total. The maximum Gasteiger partial charge on any atom is 0.289 e. The first-order valence-corrected chi connectivity index (χ1v) is 14.8. The highest BCUT2D eigenvalue weighted by atomic mass is 35.5. The summed E-state index contributed by atoms with van der Waals surface area (Å²) in [5.74, 6) is 1.16. The molecular formula is C31H35Cl2N5O3. The van der Waals surface area contributed by atoms with Crippen LogP contribution in [0.1, 0.15) is 45.7 Å². The molecule has 3 aromatic rings. The van der Waals surface area contributed by atoms with Gasteiger partial charge in [-0.05, 0) is 86.0 Å². The number of piperidine rings is 1. The van der Waals surface area contributed by atoms with Crippen LogP contribution in [-0.2, 0) is 6.42 Å². The van der Waals surface area contributed by atoms with Gasteiger partial charge in [0.05, 0.1) is 6.26 Å². The quantitative estimate of drug-likeness (QED) is 0.306. The van der Waals surface area contributed by atoms with E-state index in [-0.39, 0.29) is 17.9 Å². The summed E-state index contributed by atoms with van der Waals surface area (Å²) in [5.41, 5.74) is 2.42. The Kier molecular flexibility index (Phi) is 9.88. The molecule has 2 amide bonds. The van der Waals surface area contributed by atoms with Crippen LogP contribution in [-0.4, -0.2) is 66.9 Å². The van der Waals surface area contributed by atoms with Gasteiger partial charge in [-0.15, -0.1) is 0 Å². The number of rotatable bonds is 9. The molecular weight excluding hydrogens is 561 g/mol. The summed E-state index contributed by atoms with van der Waals surface area (Å²) >= 11 is 12.2. The third kappa shape index (κ3) is 7.85. The SMILES string of the molecule is O=C(NCCc1ccc(Cl)cc1Cl)c1ccc(N/C(=C/C2CCCCN2)N2CCN(C(=O)c3ccco3)CC2)cc1. The number of hydrogen-bond donors (Lipinski definition) is 3. The average Bonchev–Trinajstić information content (AvgIpc) is 3.54. The van der Waals surface area contributed by atoms with Gasteiger partial charge < -0.3 is 30.2 Å². The molecule has 2 aliphatic heterocycles. The Balaban J connectivity index is 1.19. The Hall–Kier alpha value is -3.46. The molecule has 3 N–H and O–H groups in total. The summed E-state index contributed by atoms with van der Waals surface area (Å²) in [5, 5.41) is 11.3. The number of piperazine rings is 1. The molecule has 216 valence electrons. The fourth-order valence-corrected chi connectivity index (χ4v) is 5.64. The number of carbonyl (C=O) groups is 2. The van der Waals surface area contributed by atoms with Gasteiger partial charge in [-0.25, -0.2) is 0 Å². The molecule has 10 heteroatoms. The van der Waals surface area contributed by atoms with Crippen molar-refractivity contribution in [1.82, 2.24) is 20.4 Å². The van der Waals surface area contributed by atoms with E-state index < -0.39 is 0 Å². The van der Waals surface area contributed by atoms with Gasteiger partial charge in [0.1, 0.15) is 5.82 Å². The second-order valence-corrected chi connectivity index (χ2v) is 11.2. The number of anilines is 1. The summed E-state index contributed by atoms with van der Waals surface area (Å²) in [6, 6.07) is 16.6. The lowest BCUT2D eigenvalue weighted by Gasteiger charge is -2.38. The van der Waals surface area contributed by atoms with E-state index in [0.29, 0.717) is 60.5 Å². The molecule has 3 heterocycles. The summed E-state index contributed by atoms with van der Waals surface area (Å²) < 4.78 is 5.30. The number of amides is 2. The molecule has 0 saturated carbocycles. The zero-order valence-corrected chi connectivity index (χ0v) is 24.4. The van der Waals surface area contributed by atoms with Gasteiger partial charge in [0, 0.05) is 60.1 Å². The maximum absolute atomic E-state index is 12.7. The Bertz CT molecular complexity index is 1350. The van der Waals surface area contributed by atoms with Gasteiger partial charge >= 0.3 is 0 Å². The van der Waals surface area contributed by atoms with E-state index in [4.69, 9.17) is 27.6 Å². The Morgan fingerprint density at radius 2 is 1.78 bits per heavy atom. The standard InChI is InChI=1S/C31H35Cl2N5O3/c32-24-9-6-22(27(33)20-24)12-14-35-30(39)23-7-10-25(11-8-23)36-29(21-26-4-1-2-13-34-26)37-15-17-38(18-16-37)31(40)28-5-3-19-41-28/h3,5-11,19-21,26,34,36H,1-2,4,12-18H2,(H,35,39)/b29-21-. The van der Waals surface area contributed by atoms with Gasteiger partial charge in [0.25, 0.3) is 11.8 Å². The van der Waals surface area contributed by atoms with Crippen molar-refractivity contribution in [3.63, 3.8) is 0 Å². The Morgan fingerprint density at radius 1 is 1.00 bits per heavy atom. The fraction of sp³-hybridized carbons (Fsp3) is 0.355. The van der Waals surface area contributed by atoms with Crippen molar-refractivity contribution in [2.45, 2.75) is 31.7 Å². The maximum atomic E-state index is 12.7. The van der Waals surface area contributed by atoms with Crippen molar-refractivity contribution >= 4 is 40.7 Å². The molecule has 1 aromatic heterocycles. The predicted octanol–water partition coefficient (Wildman–Crippen LogP) is 5.41. The number of furan rings is 1. The van der Waals surface area contributed by atoms with E-state index >= 15 is 0 Å². The molecule has 0 bridgehead atoms. The van der Waals surface area contributed by atoms with Crippen LogP contribution in [0.3, 0.4) is 0 Å².